The molecule has 2 aromatic carbocycles. The molecule has 0 aliphatic heterocycles. The Hall–Kier alpha value is -3.02. The summed E-state index contributed by atoms with van der Waals surface area (Å²) in [5.41, 5.74) is 2.86. The molecule has 6 nitrogen and oxygen atoms in total. The minimum absolute atomic E-state index is 0.142. The maximum atomic E-state index is 12.5. The van der Waals surface area contributed by atoms with E-state index in [0.29, 0.717) is 17.2 Å². The van der Waals surface area contributed by atoms with E-state index in [1.807, 2.05) is 26.0 Å². The Morgan fingerprint density at radius 1 is 0.962 bits per heavy atom. The molecule has 0 saturated carbocycles. The van der Waals surface area contributed by atoms with Gasteiger partial charge in [-0.15, -0.1) is 0 Å². The molecule has 1 N–H and O–H groups in total. The molecule has 0 saturated heterocycles. The second-order valence-corrected chi connectivity index (χ2v) is 5.82. The second kappa shape index (κ2) is 8.38. The molecule has 138 valence electrons. The monoisotopic (exact) mass is 357 g/mol. The van der Waals surface area contributed by atoms with Crippen molar-refractivity contribution < 1.29 is 23.8 Å². The smallest absolute Gasteiger partial charge is 0.346 e. The predicted octanol–water partition coefficient (Wildman–Crippen LogP) is 3.50. The summed E-state index contributed by atoms with van der Waals surface area (Å²) in [5, 5.41) is 2.79. The second-order valence-electron chi connectivity index (χ2n) is 5.82. The standard InChI is InChI=1S/C20H23NO5/c1-12-8-6-9-15(13(12)2)21-19(22)14(3)26-20(23)18-16(24-4)10-7-11-17(18)25-5/h6-11,14H,1-5H3,(H,21,22). The van der Waals surface area contributed by atoms with Crippen LogP contribution in [0.2, 0.25) is 0 Å². The number of hydrogen-bond donors (Lipinski definition) is 1. The number of aryl methyl sites for hydroxylation is 1. The Balaban J connectivity index is 2.14. The zero-order valence-corrected chi connectivity index (χ0v) is 15.6. The number of anilines is 1. The third-order valence-electron chi connectivity index (χ3n) is 4.15. The van der Waals surface area contributed by atoms with Gasteiger partial charge in [0.1, 0.15) is 17.1 Å². The van der Waals surface area contributed by atoms with Crippen LogP contribution < -0.4 is 14.8 Å². The molecule has 0 heterocycles. The van der Waals surface area contributed by atoms with Crippen molar-refractivity contribution in [2.45, 2.75) is 26.9 Å². The molecule has 0 aliphatic carbocycles. The summed E-state index contributed by atoms with van der Waals surface area (Å²) in [5.74, 6) is -0.475. The molecule has 1 unspecified atom stereocenters. The van der Waals surface area contributed by atoms with Crippen LogP contribution in [0.15, 0.2) is 36.4 Å². The van der Waals surface area contributed by atoms with E-state index in [9.17, 15) is 9.59 Å². The van der Waals surface area contributed by atoms with Crippen molar-refractivity contribution in [1.82, 2.24) is 0 Å². The number of amides is 1. The fourth-order valence-corrected chi connectivity index (χ4v) is 2.45. The van der Waals surface area contributed by atoms with E-state index in [-0.39, 0.29) is 5.56 Å². The summed E-state index contributed by atoms with van der Waals surface area (Å²) in [7, 11) is 2.89. The van der Waals surface area contributed by atoms with Gasteiger partial charge in [-0.05, 0) is 50.1 Å². The van der Waals surface area contributed by atoms with Crippen molar-refractivity contribution in [3.05, 3.63) is 53.1 Å². The van der Waals surface area contributed by atoms with E-state index in [2.05, 4.69) is 5.32 Å². The van der Waals surface area contributed by atoms with Crippen LogP contribution in [0.3, 0.4) is 0 Å². The fourth-order valence-electron chi connectivity index (χ4n) is 2.45. The number of hydrogen-bond acceptors (Lipinski definition) is 5. The molecule has 0 spiro atoms. The summed E-state index contributed by atoms with van der Waals surface area (Å²) in [6.07, 6.45) is -0.989. The van der Waals surface area contributed by atoms with Gasteiger partial charge in [0, 0.05) is 5.69 Å². The highest BCUT2D eigenvalue weighted by molar-refractivity contribution is 6.00. The van der Waals surface area contributed by atoms with Gasteiger partial charge >= 0.3 is 5.97 Å². The molecule has 0 fully saturated rings. The van der Waals surface area contributed by atoms with Crippen LogP contribution in [0, 0.1) is 13.8 Å². The maximum Gasteiger partial charge on any atom is 0.346 e. The molecule has 6 heteroatoms. The summed E-state index contributed by atoms with van der Waals surface area (Å²) in [6, 6.07) is 10.6. The number of carbonyl (C=O) groups is 2. The van der Waals surface area contributed by atoms with Gasteiger partial charge in [-0.25, -0.2) is 4.79 Å². The van der Waals surface area contributed by atoms with Crippen LogP contribution in [0.4, 0.5) is 5.69 Å². The Morgan fingerprint density at radius 3 is 2.12 bits per heavy atom. The van der Waals surface area contributed by atoms with Crippen molar-refractivity contribution in [2.24, 2.45) is 0 Å². The number of ether oxygens (including phenoxy) is 3. The topological polar surface area (TPSA) is 73.9 Å². The highest BCUT2D eigenvalue weighted by atomic mass is 16.6. The van der Waals surface area contributed by atoms with Crippen molar-refractivity contribution in [1.29, 1.82) is 0 Å². The first kappa shape index (κ1) is 19.3. The van der Waals surface area contributed by atoms with Crippen LogP contribution in [-0.4, -0.2) is 32.2 Å². The van der Waals surface area contributed by atoms with Gasteiger partial charge in [0.25, 0.3) is 5.91 Å². The van der Waals surface area contributed by atoms with E-state index in [4.69, 9.17) is 14.2 Å². The van der Waals surface area contributed by atoms with Crippen LogP contribution in [0.1, 0.15) is 28.4 Å². The molecule has 0 aromatic heterocycles. The number of rotatable bonds is 6. The fraction of sp³-hybridized carbons (Fsp3) is 0.300. The van der Waals surface area contributed by atoms with E-state index in [1.165, 1.54) is 21.1 Å². The number of esters is 1. The zero-order valence-electron chi connectivity index (χ0n) is 15.6. The van der Waals surface area contributed by atoms with E-state index in [1.54, 1.807) is 24.3 Å². The van der Waals surface area contributed by atoms with Gasteiger partial charge in [-0.3, -0.25) is 4.79 Å². The maximum absolute atomic E-state index is 12.5. The Bertz CT molecular complexity index is 794. The van der Waals surface area contributed by atoms with Crippen LogP contribution >= 0.6 is 0 Å². The molecule has 0 bridgehead atoms. The number of methoxy groups -OCH3 is 2. The summed E-state index contributed by atoms with van der Waals surface area (Å²) < 4.78 is 15.7. The quantitative estimate of drug-likeness (QED) is 0.801. The van der Waals surface area contributed by atoms with Crippen molar-refractivity contribution in [3.63, 3.8) is 0 Å². The third-order valence-corrected chi connectivity index (χ3v) is 4.15. The zero-order chi connectivity index (χ0) is 19.3. The minimum atomic E-state index is -0.989. The molecule has 0 aliphatic rings. The highest BCUT2D eigenvalue weighted by Gasteiger charge is 2.25. The van der Waals surface area contributed by atoms with Gasteiger partial charge in [-0.1, -0.05) is 18.2 Å². The summed E-state index contributed by atoms with van der Waals surface area (Å²) >= 11 is 0. The number of carbonyl (C=O) groups excluding carboxylic acids is 2. The molecule has 1 atom stereocenters. The van der Waals surface area contributed by atoms with Gasteiger partial charge in [0.15, 0.2) is 6.10 Å². The van der Waals surface area contributed by atoms with Crippen molar-refractivity contribution in [2.75, 3.05) is 19.5 Å². The Morgan fingerprint density at radius 2 is 1.54 bits per heavy atom. The van der Waals surface area contributed by atoms with E-state index in [0.717, 1.165) is 11.1 Å². The summed E-state index contributed by atoms with van der Waals surface area (Å²) in [4.78, 5) is 24.9. The highest BCUT2D eigenvalue weighted by Crippen LogP contribution is 2.29. The van der Waals surface area contributed by atoms with Gasteiger partial charge in [-0.2, -0.15) is 0 Å². The van der Waals surface area contributed by atoms with Gasteiger partial charge < -0.3 is 19.5 Å². The molecule has 0 radical (unpaired) electrons. The molecule has 2 aromatic rings. The molecule has 2 rings (SSSR count). The van der Waals surface area contributed by atoms with Crippen LogP contribution in [0.25, 0.3) is 0 Å². The lowest BCUT2D eigenvalue weighted by Crippen LogP contribution is -2.30. The van der Waals surface area contributed by atoms with E-state index < -0.39 is 18.0 Å². The molecule has 1 amide bonds. The van der Waals surface area contributed by atoms with E-state index >= 15 is 0 Å². The largest absolute Gasteiger partial charge is 0.496 e. The Kier molecular flexibility index (Phi) is 6.22. The SMILES string of the molecule is COc1cccc(OC)c1C(=O)OC(C)C(=O)Nc1cccc(C)c1C. The average Bonchev–Trinajstić information content (AvgIpc) is 2.64. The van der Waals surface area contributed by atoms with Gasteiger partial charge in [0.2, 0.25) is 0 Å². The first-order valence-corrected chi connectivity index (χ1v) is 8.18. The third kappa shape index (κ3) is 4.14. The predicted molar refractivity (Wildman–Crippen MR) is 99.0 cm³/mol. The van der Waals surface area contributed by atoms with Crippen LogP contribution in [0.5, 0.6) is 11.5 Å². The Labute approximate surface area is 153 Å². The van der Waals surface area contributed by atoms with Crippen molar-refractivity contribution >= 4 is 17.6 Å². The van der Waals surface area contributed by atoms with Crippen LogP contribution in [-0.2, 0) is 9.53 Å². The number of benzene rings is 2. The van der Waals surface area contributed by atoms with Gasteiger partial charge in [0.05, 0.1) is 14.2 Å². The number of nitrogens with one attached hydrogen (secondary N) is 1. The summed E-state index contributed by atoms with van der Waals surface area (Å²) in [6.45, 7) is 5.39. The normalized spacial score (nSPS) is 11.4. The molecule has 26 heavy (non-hydrogen) atoms. The first-order chi connectivity index (χ1) is 12.4. The minimum Gasteiger partial charge on any atom is -0.496 e. The average molecular weight is 357 g/mol. The van der Waals surface area contributed by atoms with Crippen molar-refractivity contribution in [3.8, 4) is 11.5 Å². The molecular weight excluding hydrogens is 334 g/mol. The first-order valence-electron chi connectivity index (χ1n) is 8.18. The molecular formula is C20H23NO5. The lowest BCUT2D eigenvalue weighted by molar-refractivity contribution is -0.123. The lowest BCUT2D eigenvalue weighted by Gasteiger charge is -2.17. The lowest BCUT2D eigenvalue weighted by atomic mass is 10.1.